The molecule has 0 bridgehead atoms. The van der Waals surface area contributed by atoms with Gasteiger partial charge >= 0.3 is 0 Å². The molecule has 0 unspecified atom stereocenters. The lowest BCUT2D eigenvalue weighted by Gasteiger charge is -2.28. The quantitative estimate of drug-likeness (QED) is 0.821. The first-order valence-electron chi connectivity index (χ1n) is 6.88. The van der Waals surface area contributed by atoms with E-state index >= 15 is 0 Å². The molecular formula is C14H19N3O. The van der Waals surface area contributed by atoms with Crippen LogP contribution < -0.4 is 0 Å². The van der Waals surface area contributed by atoms with Gasteiger partial charge in [0.15, 0.2) is 0 Å². The molecule has 0 spiro atoms. The lowest BCUT2D eigenvalue weighted by atomic mass is 10.2. The van der Waals surface area contributed by atoms with Crippen LogP contribution in [-0.2, 0) is 0 Å². The van der Waals surface area contributed by atoms with Crippen molar-refractivity contribution in [1.82, 2.24) is 14.9 Å². The summed E-state index contributed by atoms with van der Waals surface area (Å²) < 4.78 is 0. The Morgan fingerprint density at radius 2 is 1.89 bits per heavy atom. The second-order valence-corrected chi connectivity index (χ2v) is 5.37. The first kappa shape index (κ1) is 11.6. The Balaban J connectivity index is 1.83. The zero-order valence-electron chi connectivity index (χ0n) is 10.8. The summed E-state index contributed by atoms with van der Waals surface area (Å²) in [4.78, 5) is 23.0. The summed E-state index contributed by atoms with van der Waals surface area (Å²) in [6, 6.07) is 2.65. The molecule has 1 heterocycles. The molecule has 0 N–H and O–H groups in total. The summed E-state index contributed by atoms with van der Waals surface area (Å²) in [6.45, 7) is 1.83. The monoisotopic (exact) mass is 245 g/mol. The summed E-state index contributed by atoms with van der Waals surface area (Å²) in [5.41, 5.74) is 0.557. The van der Waals surface area contributed by atoms with Gasteiger partial charge in [-0.2, -0.15) is 0 Å². The zero-order valence-corrected chi connectivity index (χ0v) is 10.8. The van der Waals surface area contributed by atoms with Crippen LogP contribution in [0.3, 0.4) is 0 Å². The zero-order chi connectivity index (χ0) is 12.5. The van der Waals surface area contributed by atoms with Gasteiger partial charge in [0.25, 0.3) is 5.91 Å². The van der Waals surface area contributed by atoms with Crippen LogP contribution in [-0.4, -0.2) is 32.9 Å². The van der Waals surface area contributed by atoms with Crippen LogP contribution in [0, 0.1) is 6.92 Å². The van der Waals surface area contributed by atoms with Crippen molar-refractivity contribution in [2.45, 2.75) is 57.5 Å². The molecule has 1 amide bonds. The van der Waals surface area contributed by atoms with Crippen molar-refractivity contribution in [3.8, 4) is 0 Å². The van der Waals surface area contributed by atoms with E-state index in [1.165, 1.54) is 12.8 Å². The van der Waals surface area contributed by atoms with Gasteiger partial charge in [-0.25, -0.2) is 9.97 Å². The Morgan fingerprint density at radius 1 is 1.22 bits per heavy atom. The van der Waals surface area contributed by atoms with Crippen molar-refractivity contribution < 1.29 is 4.79 Å². The van der Waals surface area contributed by atoms with Gasteiger partial charge in [-0.05, 0) is 38.7 Å². The van der Waals surface area contributed by atoms with Crippen molar-refractivity contribution in [1.29, 1.82) is 0 Å². The molecule has 1 aromatic rings. The molecule has 3 rings (SSSR count). The normalized spacial score (nSPS) is 20.1. The second-order valence-electron chi connectivity index (χ2n) is 5.37. The van der Waals surface area contributed by atoms with Gasteiger partial charge in [-0.3, -0.25) is 4.79 Å². The van der Waals surface area contributed by atoms with E-state index in [1.807, 2.05) is 6.92 Å². The number of nitrogens with zero attached hydrogens (tertiary/aromatic N) is 3. The molecule has 4 heteroatoms. The Bertz CT molecular complexity index is 450. The largest absolute Gasteiger partial charge is 0.331 e. The number of aromatic nitrogens is 2. The average molecular weight is 245 g/mol. The average Bonchev–Trinajstić information content (AvgIpc) is 3.04. The minimum atomic E-state index is 0.106. The van der Waals surface area contributed by atoms with Crippen molar-refractivity contribution in [2.75, 3.05) is 0 Å². The highest BCUT2D eigenvalue weighted by molar-refractivity contribution is 5.93. The van der Waals surface area contributed by atoms with Gasteiger partial charge in [0.1, 0.15) is 11.5 Å². The third-order valence-corrected chi connectivity index (χ3v) is 3.89. The van der Waals surface area contributed by atoms with Crippen molar-refractivity contribution in [2.24, 2.45) is 0 Å². The van der Waals surface area contributed by atoms with Crippen LogP contribution in [0.25, 0.3) is 0 Å². The Morgan fingerprint density at radius 3 is 2.50 bits per heavy atom. The molecule has 2 aliphatic rings. The first-order chi connectivity index (χ1) is 8.75. The van der Waals surface area contributed by atoms with Crippen LogP contribution in [0.1, 0.15) is 54.8 Å². The topological polar surface area (TPSA) is 46.1 Å². The molecule has 0 saturated heterocycles. The fourth-order valence-electron chi connectivity index (χ4n) is 2.87. The molecule has 0 atom stereocenters. The molecule has 2 fully saturated rings. The van der Waals surface area contributed by atoms with E-state index in [-0.39, 0.29) is 5.91 Å². The molecule has 0 radical (unpaired) electrons. The molecular weight excluding hydrogens is 226 g/mol. The lowest BCUT2D eigenvalue weighted by Crippen LogP contribution is -2.41. The van der Waals surface area contributed by atoms with Crippen LogP contribution in [0.2, 0.25) is 0 Å². The molecule has 2 aliphatic carbocycles. The first-order valence-corrected chi connectivity index (χ1v) is 6.88. The minimum absolute atomic E-state index is 0.106. The SMILES string of the molecule is Cc1nccc(C(=O)N(C2CCCC2)C2CC2)n1. The number of hydrogen-bond acceptors (Lipinski definition) is 3. The minimum Gasteiger partial charge on any atom is -0.331 e. The van der Waals surface area contributed by atoms with Crippen LogP contribution in [0.4, 0.5) is 0 Å². The smallest absolute Gasteiger partial charge is 0.273 e. The van der Waals surface area contributed by atoms with Gasteiger partial charge in [-0.1, -0.05) is 12.8 Å². The molecule has 1 aromatic heterocycles. The van der Waals surface area contributed by atoms with E-state index in [9.17, 15) is 4.79 Å². The van der Waals surface area contributed by atoms with Crippen molar-refractivity contribution in [3.63, 3.8) is 0 Å². The van der Waals surface area contributed by atoms with Crippen LogP contribution in [0.5, 0.6) is 0 Å². The molecule has 0 aromatic carbocycles. The maximum absolute atomic E-state index is 12.6. The Kier molecular flexibility index (Phi) is 3.02. The summed E-state index contributed by atoms with van der Waals surface area (Å²) in [5.74, 6) is 0.776. The number of aryl methyl sites for hydroxylation is 1. The number of rotatable bonds is 3. The molecule has 0 aliphatic heterocycles. The van der Waals surface area contributed by atoms with E-state index in [1.54, 1.807) is 12.3 Å². The third kappa shape index (κ3) is 2.24. The summed E-state index contributed by atoms with van der Waals surface area (Å²) in [5, 5.41) is 0. The summed E-state index contributed by atoms with van der Waals surface area (Å²) >= 11 is 0. The predicted molar refractivity (Wildman–Crippen MR) is 68.2 cm³/mol. The summed E-state index contributed by atoms with van der Waals surface area (Å²) in [6.07, 6.45) is 8.82. The summed E-state index contributed by atoms with van der Waals surface area (Å²) in [7, 11) is 0. The van der Waals surface area contributed by atoms with E-state index in [2.05, 4.69) is 14.9 Å². The number of carbonyl (C=O) groups excluding carboxylic acids is 1. The predicted octanol–water partition coefficient (Wildman–Crippen LogP) is 2.33. The lowest BCUT2D eigenvalue weighted by molar-refractivity contribution is 0.0657. The van der Waals surface area contributed by atoms with Crippen LogP contribution >= 0.6 is 0 Å². The van der Waals surface area contributed by atoms with Crippen LogP contribution in [0.15, 0.2) is 12.3 Å². The van der Waals surface area contributed by atoms with E-state index < -0.39 is 0 Å². The molecule has 18 heavy (non-hydrogen) atoms. The van der Waals surface area contributed by atoms with Crippen molar-refractivity contribution in [3.05, 3.63) is 23.8 Å². The number of amides is 1. The molecule has 96 valence electrons. The maximum atomic E-state index is 12.6. The second kappa shape index (κ2) is 4.67. The maximum Gasteiger partial charge on any atom is 0.273 e. The molecule has 4 nitrogen and oxygen atoms in total. The standard InChI is InChI=1S/C14H19N3O/c1-10-15-9-8-13(16-10)14(18)17(12-6-7-12)11-4-2-3-5-11/h8-9,11-12H,2-7H2,1H3. The highest BCUT2D eigenvalue weighted by Gasteiger charge is 2.39. The van der Waals surface area contributed by atoms with E-state index in [4.69, 9.17) is 0 Å². The fraction of sp³-hybridized carbons (Fsp3) is 0.643. The molecule has 2 saturated carbocycles. The highest BCUT2D eigenvalue weighted by Crippen LogP contribution is 2.35. The van der Waals surface area contributed by atoms with E-state index in [0.29, 0.717) is 23.6 Å². The van der Waals surface area contributed by atoms with Crippen molar-refractivity contribution >= 4 is 5.91 Å². The number of carbonyl (C=O) groups is 1. The third-order valence-electron chi connectivity index (χ3n) is 3.89. The highest BCUT2D eigenvalue weighted by atomic mass is 16.2. The van der Waals surface area contributed by atoms with Gasteiger partial charge in [0, 0.05) is 18.3 Å². The Hall–Kier alpha value is -1.45. The fourth-order valence-corrected chi connectivity index (χ4v) is 2.87. The van der Waals surface area contributed by atoms with E-state index in [0.717, 1.165) is 25.7 Å². The Labute approximate surface area is 107 Å². The van der Waals surface area contributed by atoms with Gasteiger partial charge < -0.3 is 4.90 Å². The van der Waals surface area contributed by atoms with Gasteiger partial charge in [0.05, 0.1) is 0 Å². The van der Waals surface area contributed by atoms with Gasteiger partial charge in [-0.15, -0.1) is 0 Å². The number of hydrogen-bond donors (Lipinski definition) is 0. The van der Waals surface area contributed by atoms with Gasteiger partial charge in [0.2, 0.25) is 0 Å².